The number of rotatable bonds is 2. The maximum Gasteiger partial charge on any atom is 0.124 e. The highest BCUT2D eigenvalue weighted by atomic mass is 35.5. The summed E-state index contributed by atoms with van der Waals surface area (Å²) in [7, 11) is 0. The van der Waals surface area contributed by atoms with Gasteiger partial charge in [0.1, 0.15) is 5.82 Å². The highest BCUT2D eigenvalue weighted by molar-refractivity contribution is 6.36. The molecule has 0 aliphatic carbocycles. The van der Waals surface area contributed by atoms with Crippen LogP contribution in [-0.4, -0.2) is 0 Å². The van der Waals surface area contributed by atoms with Gasteiger partial charge in [-0.1, -0.05) is 29.3 Å². The van der Waals surface area contributed by atoms with Gasteiger partial charge < -0.3 is 0 Å². The van der Waals surface area contributed by atoms with Crippen LogP contribution in [0.15, 0.2) is 36.4 Å². The Hall–Kier alpha value is -1.56. The maximum atomic E-state index is 13.5. The van der Waals surface area contributed by atoms with Crippen LogP contribution in [0.2, 0.25) is 10.0 Å². The topological polar surface area (TPSA) is 23.8 Å². The fraction of sp³-hybridized carbons (Fsp3) is 0.0714. The van der Waals surface area contributed by atoms with E-state index in [2.05, 4.69) is 0 Å². The van der Waals surface area contributed by atoms with Crippen molar-refractivity contribution in [1.29, 1.82) is 5.26 Å². The summed E-state index contributed by atoms with van der Waals surface area (Å²) in [4.78, 5) is 0. The van der Waals surface area contributed by atoms with Gasteiger partial charge in [0.2, 0.25) is 0 Å². The van der Waals surface area contributed by atoms with Crippen molar-refractivity contribution in [2.45, 2.75) is 6.42 Å². The molecule has 0 aromatic heterocycles. The summed E-state index contributed by atoms with van der Waals surface area (Å²) >= 11 is 11.9. The van der Waals surface area contributed by atoms with Crippen LogP contribution in [0.25, 0.3) is 11.1 Å². The molecule has 0 saturated heterocycles. The summed E-state index contributed by atoms with van der Waals surface area (Å²) in [5.74, 6) is -0.385. The standard InChI is InChI=1S/C14H8Cl2FN/c15-11-1-2-13(14(16)8-11)10-5-9(3-4-18)6-12(17)7-10/h1-2,5-8H,3H2. The number of halogens is 3. The molecule has 18 heavy (non-hydrogen) atoms. The van der Waals surface area contributed by atoms with Gasteiger partial charge >= 0.3 is 0 Å². The molecule has 0 fully saturated rings. The SMILES string of the molecule is N#CCc1cc(F)cc(-c2ccc(Cl)cc2Cl)c1. The van der Waals surface area contributed by atoms with Crippen molar-refractivity contribution in [3.8, 4) is 17.2 Å². The van der Waals surface area contributed by atoms with Gasteiger partial charge in [-0.2, -0.15) is 5.26 Å². The smallest absolute Gasteiger partial charge is 0.124 e. The van der Waals surface area contributed by atoms with Crippen LogP contribution >= 0.6 is 23.2 Å². The Morgan fingerprint density at radius 3 is 2.56 bits per heavy atom. The van der Waals surface area contributed by atoms with Gasteiger partial charge in [-0.15, -0.1) is 0 Å². The predicted molar refractivity (Wildman–Crippen MR) is 71.2 cm³/mol. The second-order valence-electron chi connectivity index (χ2n) is 3.81. The molecule has 2 rings (SSSR count). The Balaban J connectivity index is 2.53. The molecule has 2 aromatic rings. The van der Waals surface area contributed by atoms with Crippen LogP contribution in [-0.2, 0) is 6.42 Å². The number of hydrogen-bond donors (Lipinski definition) is 0. The third-order valence-electron chi connectivity index (χ3n) is 2.48. The van der Waals surface area contributed by atoms with Crippen LogP contribution in [0.1, 0.15) is 5.56 Å². The third-order valence-corrected chi connectivity index (χ3v) is 3.03. The maximum absolute atomic E-state index is 13.5. The first-order valence-electron chi connectivity index (χ1n) is 5.22. The van der Waals surface area contributed by atoms with Crippen molar-refractivity contribution in [1.82, 2.24) is 0 Å². The largest absolute Gasteiger partial charge is 0.207 e. The number of nitrogens with zero attached hydrogens (tertiary/aromatic N) is 1. The van der Waals surface area contributed by atoms with Crippen LogP contribution in [0.4, 0.5) is 4.39 Å². The Morgan fingerprint density at radius 2 is 1.89 bits per heavy atom. The molecule has 1 nitrogen and oxygen atoms in total. The van der Waals surface area contributed by atoms with Crippen molar-refractivity contribution in [2.24, 2.45) is 0 Å². The second kappa shape index (κ2) is 5.39. The van der Waals surface area contributed by atoms with Crippen LogP contribution < -0.4 is 0 Å². The zero-order chi connectivity index (χ0) is 13.1. The molecular formula is C14H8Cl2FN. The molecule has 0 radical (unpaired) electrons. The molecule has 2 aromatic carbocycles. The first kappa shape index (κ1) is 12.9. The summed E-state index contributed by atoms with van der Waals surface area (Å²) in [6.07, 6.45) is 0.163. The normalized spacial score (nSPS) is 10.1. The molecule has 0 bridgehead atoms. The quantitative estimate of drug-likeness (QED) is 0.770. The minimum absolute atomic E-state index is 0.163. The average molecular weight is 280 g/mol. The fourth-order valence-corrected chi connectivity index (χ4v) is 2.24. The Labute approximate surface area is 114 Å². The van der Waals surface area contributed by atoms with E-state index in [1.54, 1.807) is 24.3 Å². The fourth-order valence-electron chi connectivity index (χ4n) is 1.72. The van der Waals surface area contributed by atoms with Crippen LogP contribution in [0, 0.1) is 17.1 Å². The molecule has 90 valence electrons. The van der Waals surface area contributed by atoms with Gasteiger partial charge in [-0.3, -0.25) is 0 Å². The van der Waals surface area contributed by atoms with E-state index in [1.807, 2.05) is 6.07 Å². The minimum Gasteiger partial charge on any atom is -0.207 e. The van der Waals surface area contributed by atoms with Gasteiger partial charge in [-0.25, -0.2) is 4.39 Å². The lowest BCUT2D eigenvalue weighted by Crippen LogP contribution is -1.88. The van der Waals surface area contributed by atoms with E-state index < -0.39 is 0 Å². The van der Waals surface area contributed by atoms with E-state index in [4.69, 9.17) is 28.5 Å². The lowest BCUT2D eigenvalue weighted by Gasteiger charge is -2.07. The second-order valence-corrected chi connectivity index (χ2v) is 4.65. The van der Waals surface area contributed by atoms with Crippen molar-refractivity contribution in [2.75, 3.05) is 0 Å². The van der Waals surface area contributed by atoms with Crippen molar-refractivity contribution < 1.29 is 4.39 Å². The van der Waals surface area contributed by atoms with E-state index in [0.717, 1.165) is 0 Å². The molecule has 0 heterocycles. The Kier molecular flexibility index (Phi) is 3.86. The summed E-state index contributed by atoms with van der Waals surface area (Å²) in [5, 5.41) is 9.63. The monoisotopic (exact) mass is 279 g/mol. The Bertz CT molecular complexity index is 632. The number of benzene rings is 2. The first-order chi connectivity index (χ1) is 8.60. The van der Waals surface area contributed by atoms with E-state index in [9.17, 15) is 4.39 Å². The minimum atomic E-state index is -0.385. The number of hydrogen-bond acceptors (Lipinski definition) is 1. The third kappa shape index (κ3) is 2.81. The van der Waals surface area contributed by atoms with E-state index >= 15 is 0 Å². The van der Waals surface area contributed by atoms with Gasteiger partial charge in [0.25, 0.3) is 0 Å². The summed E-state index contributed by atoms with van der Waals surface area (Å²) in [6, 6.07) is 11.5. The van der Waals surface area contributed by atoms with Crippen LogP contribution in [0.3, 0.4) is 0 Å². The van der Waals surface area contributed by atoms with Gasteiger partial charge in [-0.05, 0) is 41.5 Å². The molecule has 0 N–H and O–H groups in total. The molecule has 0 saturated carbocycles. The highest BCUT2D eigenvalue weighted by Crippen LogP contribution is 2.31. The lowest BCUT2D eigenvalue weighted by molar-refractivity contribution is 0.626. The highest BCUT2D eigenvalue weighted by Gasteiger charge is 2.07. The zero-order valence-electron chi connectivity index (χ0n) is 9.25. The van der Waals surface area contributed by atoms with E-state index in [1.165, 1.54) is 12.1 Å². The molecular weight excluding hydrogens is 272 g/mol. The summed E-state index contributed by atoms with van der Waals surface area (Å²) in [5.41, 5.74) is 1.96. The van der Waals surface area contributed by atoms with Gasteiger partial charge in [0.15, 0.2) is 0 Å². The summed E-state index contributed by atoms with van der Waals surface area (Å²) in [6.45, 7) is 0. The van der Waals surface area contributed by atoms with Crippen LogP contribution in [0.5, 0.6) is 0 Å². The average Bonchev–Trinajstić information content (AvgIpc) is 2.28. The van der Waals surface area contributed by atoms with Crippen molar-refractivity contribution >= 4 is 23.2 Å². The van der Waals surface area contributed by atoms with Gasteiger partial charge in [0.05, 0.1) is 12.5 Å². The molecule has 0 aliphatic heterocycles. The molecule has 0 aliphatic rings. The molecule has 0 amide bonds. The molecule has 0 atom stereocenters. The molecule has 0 unspecified atom stereocenters. The van der Waals surface area contributed by atoms with Crippen molar-refractivity contribution in [3.63, 3.8) is 0 Å². The van der Waals surface area contributed by atoms with Gasteiger partial charge in [0, 0.05) is 15.6 Å². The number of nitriles is 1. The predicted octanol–water partition coefficient (Wildman–Crippen LogP) is 4.87. The van der Waals surface area contributed by atoms with E-state index in [-0.39, 0.29) is 12.2 Å². The Morgan fingerprint density at radius 1 is 1.11 bits per heavy atom. The summed E-state index contributed by atoms with van der Waals surface area (Å²) < 4.78 is 13.5. The lowest BCUT2D eigenvalue weighted by atomic mass is 10.0. The van der Waals surface area contributed by atoms with Crippen molar-refractivity contribution in [3.05, 3.63) is 57.8 Å². The molecule has 4 heteroatoms. The first-order valence-corrected chi connectivity index (χ1v) is 5.97. The van der Waals surface area contributed by atoms with E-state index in [0.29, 0.717) is 26.7 Å². The zero-order valence-corrected chi connectivity index (χ0v) is 10.8. The molecule has 0 spiro atoms.